The molecule has 0 fully saturated rings. The summed E-state index contributed by atoms with van der Waals surface area (Å²) in [6.45, 7) is 1.88. The number of fused-ring (bicyclic) bond motifs is 1. The first-order chi connectivity index (χ1) is 9.95. The molecule has 6 nitrogen and oxygen atoms in total. The number of aryl methyl sites for hydroxylation is 1. The number of hydrogen-bond acceptors (Lipinski definition) is 4. The molecule has 0 amide bonds. The fourth-order valence-electron chi connectivity index (χ4n) is 1.98. The minimum atomic E-state index is -3.75. The lowest BCUT2D eigenvalue weighted by Gasteiger charge is -2.10. The lowest BCUT2D eigenvalue weighted by molar-refractivity contribution is 0.478. The van der Waals surface area contributed by atoms with Gasteiger partial charge in [0.15, 0.2) is 0 Å². The van der Waals surface area contributed by atoms with Gasteiger partial charge in [0.2, 0.25) is 0 Å². The molecular weight excluding hydrogens is 290 g/mol. The Morgan fingerprint density at radius 2 is 1.90 bits per heavy atom. The molecule has 2 aromatic carbocycles. The average molecular weight is 303 g/mol. The number of nitrogens with one attached hydrogen (secondary N) is 2. The predicted octanol–water partition coefficient (Wildman–Crippen LogP) is 2.38. The molecule has 0 radical (unpaired) electrons. The standard InChI is InChI=1S/C14H13N3O3S/c1-9-2-4-11(5-3-9)21(19,20)17-13-7-12-10(6-14(13)18)8-15-16-12/h2-8,17-18H,1H3,(H,15,16). The molecule has 108 valence electrons. The van der Waals surface area contributed by atoms with Crippen LogP contribution >= 0.6 is 0 Å². The van der Waals surface area contributed by atoms with Gasteiger partial charge in [-0.15, -0.1) is 0 Å². The number of anilines is 1. The molecule has 3 aromatic rings. The Bertz CT molecular complexity index is 899. The second-order valence-electron chi connectivity index (χ2n) is 4.75. The third kappa shape index (κ3) is 2.55. The van der Waals surface area contributed by atoms with Gasteiger partial charge in [0.25, 0.3) is 10.0 Å². The lowest BCUT2D eigenvalue weighted by Crippen LogP contribution is -2.13. The second kappa shape index (κ2) is 4.78. The molecule has 0 saturated heterocycles. The van der Waals surface area contributed by atoms with Crippen LogP contribution in [0, 0.1) is 6.92 Å². The number of phenols is 1. The van der Waals surface area contributed by atoms with Crippen LogP contribution in [0.25, 0.3) is 10.9 Å². The van der Waals surface area contributed by atoms with Crippen molar-refractivity contribution in [3.63, 3.8) is 0 Å². The van der Waals surface area contributed by atoms with Crippen molar-refractivity contribution in [3.8, 4) is 5.75 Å². The molecule has 21 heavy (non-hydrogen) atoms. The highest BCUT2D eigenvalue weighted by Gasteiger charge is 2.16. The maximum atomic E-state index is 12.3. The zero-order chi connectivity index (χ0) is 15.0. The molecule has 1 aromatic heterocycles. The summed E-state index contributed by atoms with van der Waals surface area (Å²) in [4.78, 5) is 0.136. The Balaban J connectivity index is 2.00. The fourth-order valence-corrected chi connectivity index (χ4v) is 3.05. The van der Waals surface area contributed by atoms with Gasteiger partial charge in [0.05, 0.1) is 22.3 Å². The first kappa shape index (κ1) is 13.4. The zero-order valence-electron chi connectivity index (χ0n) is 11.2. The summed E-state index contributed by atoms with van der Waals surface area (Å²) in [5.41, 5.74) is 1.71. The van der Waals surface area contributed by atoms with Crippen LogP contribution in [0.15, 0.2) is 47.5 Å². The summed E-state index contributed by atoms with van der Waals surface area (Å²) in [7, 11) is -3.75. The Morgan fingerprint density at radius 3 is 2.62 bits per heavy atom. The van der Waals surface area contributed by atoms with Gasteiger partial charge in [-0.2, -0.15) is 5.10 Å². The quantitative estimate of drug-likeness (QED) is 0.647. The summed E-state index contributed by atoms with van der Waals surface area (Å²) < 4.78 is 27.0. The highest BCUT2D eigenvalue weighted by Crippen LogP contribution is 2.30. The van der Waals surface area contributed by atoms with Gasteiger partial charge in [-0.1, -0.05) is 17.7 Å². The van der Waals surface area contributed by atoms with E-state index in [1.54, 1.807) is 18.3 Å². The third-order valence-corrected chi connectivity index (χ3v) is 4.51. The highest BCUT2D eigenvalue weighted by molar-refractivity contribution is 7.92. The molecule has 0 saturated carbocycles. The minimum Gasteiger partial charge on any atom is -0.506 e. The van der Waals surface area contributed by atoms with Gasteiger partial charge < -0.3 is 5.11 Å². The summed E-state index contributed by atoms with van der Waals surface area (Å²) in [5, 5.41) is 17.2. The first-order valence-electron chi connectivity index (χ1n) is 6.21. The Labute approximate surface area is 121 Å². The third-order valence-electron chi connectivity index (χ3n) is 3.13. The van der Waals surface area contributed by atoms with Crippen LogP contribution in [0.3, 0.4) is 0 Å². The molecular formula is C14H13N3O3S. The molecule has 0 bridgehead atoms. The topological polar surface area (TPSA) is 95.1 Å². The largest absolute Gasteiger partial charge is 0.506 e. The first-order valence-corrected chi connectivity index (χ1v) is 7.69. The van der Waals surface area contributed by atoms with Crippen LogP contribution in [0.1, 0.15) is 5.56 Å². The van der Waals surface area contributed by atoms with Crippen molar-refractivity contribution in [2.45, 2.75) is 11.8 Å². The highest BCUT2D eigenvalue weighted by atomic mass is 32.2. The molecule has 0 aliphatic rings. The Hall–Kier alpha value is -2.54. The van der Waals surface area contributed by atoms with E-state index < -0.39 is 10.0 Å². The van der Waals surface area contributed by atoms with Crippen LogP contribution in [0.5, 0.6) is 5.75 Å². The molecule has 0 spiro atoms. The van der Waals surface area contributed by atoms with E-state index in [0.717, 1.165) is 5.56 Å². The van der Waals surface area contributed by atoms with E-state index in [0.29, 0.717) is 10.9 Å². The van der Waals surface area contributed by atoms with Crippen molar-refractivity contribution < 1.29 is 13.5 Å². The van der Waals surface area contributed by atoms with Gasteiger partial charge in [-0.25, -0.2) is 8.42 Å². The molecule has 0 unspecified atom stereocenters. The molecule has 3 N–H and O–H groups in total. The van der Waals surface area contributed by atoms with Crippen LogP contribution in [-0.4, -0.2) is 23.7 Å². The van der Waals surface area contributed by atoms with Crippen molar-refractivity contribution in [2.75, 3.05) is 4.72 Å². The van der Waals surface area contributed by atoms with E-state index in [1.165, 1.54) is 24.3 Å². The maximum Gasteiger partial charge on any atom is 0.262 e. The van der Waals surface area contributed by atoms with E-state index in [9.17, 15) is 13.5 Å². The van der Waals surface area contributed by atoms with Gasteiger partial charge >= 0.3 is 0 Å². The Kier molecular flexibility index (Phi) is 3.06. The van der Waals surface area contributed by atoms with E-state index in [4.69, 9.17) is 0 Å². The van der Waals surface area contributed by atoms with Crippen molar-refractivity contribution >= 4 is 26.6 Å². The lowest BCUT2D eigenvalue weighted by atomic mass is 10.2. The van der Waals surface area contributed by atoms with E-state index in [1.807, 2.05) is 6.92 Å². The van der Waals surface area contributed by atoms with Gasteiger partial charge in [0, 0.05) is 5.39 Å². The summed E-state index contributed by atoms with van der Waals surface area (Å²) in [6.07, 6.45) is 1.55. The SMILES string of the molecule is Cc1ccc(S(=O)(=O)Nc2cc3[nH]ncc3cc2O)cc1. The number of rotatable bonds is 3. The van der Waals surface area contributed by atoms with Crippen LogP contribution in [0.2, 0.25) is 0 Å². The Morgan fingerprint density at radius 1 is 1.19 bits per heavy atom. The number of hydrogen-bond donors (Lipinski definition) is 3. The van der Waals surface area contributed by atoms with Gasteiger partial charge in [0.1, 0.15) is 5.75 Å². The molecule has 0 aliphatic heterocycles. The normalized spacial score (nSPS) is 11.7. The van der Waals surface area contributed by atoms with E-state index in [2.05, 4.69) is 14.9 Å². The smallest absolute Gasteiger partial charge is 0.262 e. The van der Waals surface area contributed by atoms with Crippen molar-refractivity contribution in [1.29, 1.82) is 0 Å². The van der Waals surface area contributed by atoms with Crippen molar-refractivity contribution in [3.05, 3.63) is 48.2 Å². The average Bonchev–Trinajstić information content (AvgIpc) is 2.86. The molecule has 3 rings (SSSR count). The summed E-state index contributed by atoms with van der Waals surface area (Å²) in [6, 6.07) is 9.42. The number of phenolic OH excluding ortho intramolecular Hbond substituents is 1. The zero-order valence-corrected chi connectivity index (χ0v) is 12.0. The number of aromatic nitrogens is 2. The van der Waals surface area contributed by atoms with Crippen LogP contribution in [0.4, 0.5) is 5.69 Å². The number of aromatic amines is 1. The maximum absolute atomic E-state index is 12.3. The number of sulfonamides is 1. The minimum absolute atomic E-state index is 0.104. The van der Waals surface area contributed by atoms with Crippen LogP contribution in [-0.2, 0) is 10.0 Å². The van der Waals surface area contributed by atoms with Crippen molar-refractivity contribution in [1.82, 2.24) is 10.2 Å². The number of benzene rings is 2. The monoisotopic (exact) mass is 303 g/mol. The summed E-state index contributed by atoms with van der Waals surface area (Å²) >= 11 is 0. The molecule has 1 heterocycles. The fraction of sp³-hybridized carbons (Fsp3) is 0.0714. The molecule has 7 heteroatoms. The molecule has 0 atom stereocenters. The van der Waals surface area contributed by atoms with E-state index >= 15 is 0 Å². The van der Waals surface area contributed by atoms with Gasteiger partial charge in [-0.05, 0) is 31.2 Å². The van der Waals surface area contributed by atoms with Crippen LogP contribution < -0.4 is 4.72 Å². The van der Waals surface area contributed by atoms with E-state index in [-0.39, 0.29) is 16.3 Å². The predicted molar refractivity (Wildman–Crippen MR) is 79.7 cm³/mol. The van der Waals surface area contributed by atoms with Crippen molar-refractivity contribution in [2.24, 2.45) is 0 Å². The number of aromatic hydroxyl groups is 1. The number of H-pyrrole nitrogens is 1. The number of nitrogens with zero attached hydrogens (tertiary/aromatic N) is 1. The second-order valence-corrected chi connectivity index (χ2v) is 6.43. The molecule has 0 aliphatic carbocycles. The summed E-state index contributed by atoms with van der Waals surface area (Å²) in [5.74, 6) is -0.153. The van der Waals surface area contributed by atoms with Gasteiger partial charge in [-0.3, -0.25) is 9.82 Å².